The Morgan fingerprint density at radius 1 is 1.27 bits per heavy atom. The van der Waals surface area contributed by atoms with Crippen molar-refractivity contribution in [2.24, 2.45) is 0 Å². The van der Waals surface area contributed by atoms with Crippen molar-refractivity contribution in [1.82, 2.24) is 9.97 Å². The average Bonchev–Trinajstić information content (AvgIpc) is 2.93. The van der Waals surface area contributed by atoms with Gasteiger partial charge in [-0.25, -0.2) is 9.97 Å². The molecule has 0 aromatic carbocycles. The molecular weight excluding hydrogens is 212 g/mol. The Hall–Kier alpha value is -0.670. The van der Waals surface area contributed by atoms with E-state index in [1.807, 2.05) is 6.07 Å². The van der Waals surface area contributed by atoms with Crippen molar-refractivity contribution in [3.05, 3.63) is 22.7 Å². The van der Waals surface area contributed by atoms with Gasteiger partial charge in [0.2, 0.25) is 0 Å². The van der Waals surface area contributed by atoms with Crippen LogP contribution in [-0.4, -0.2) is 16.6 Å². The van der Waals surface area contributed by atoms with Crippen LogP contribution in [0.1, 0.15) is 49.2 Å². The van der Waals surface area contributed by atoms with Crippen molar-refractivity contribution in [3.8, 4) is 0 Å². The molecule has 1 aromatic heterocycles. The summed E-state index contributed by atoms with van der Waals surface area (Å²) >= 11 is 5.99. The molecule has 0 unspecified atom stereocenters. The van der Waals surface area contributed by atoms with Gasteiger partial charge in [0.15, 0.2) is 0 Å². The highest BCUT2D eigenvalue weighted by molar-refractivity contribution is 6.29. The highest BCUT2D eigenvalue weighted by atomic mass is 35.5. The van der Waals surface area contributed by atoms with Crippen LogP contribution in [0, 0.1) is 0 Å². The van der Waals surface area contributed by atoms with E-state index in [2.05, 4.69) is 9.97 Å². The maximum Gasteiger partial charge on any atom is 0.133 e. The van der Waals surface area contributed by atoms with E-state index in [0.29, 0.717) is 11.1 Å². The number of nitrogens with zero attached hydrogens (tertiary/aromatic N) is 2. The van der Waals surface area contributed by atoms with Crippen LogP contribution < -0.4 is 0 Å². The zero-order valence-electron chi connectivity index (χ0n) is 8.45. The number of halogens is 1. The maximum absolute atomic E-state index is 5.99. The SMILES string of the molecule is Clc1cc([C@H]2CCCO2)nc(C2CC2)n1. The van der Waals surface area contributed by atoms with E-state index in [-0.39, 0.29) is 6.10 Å². The van der Waals surface area contributed by atoms with Crippen LogP contribution in [0.3, 0.4) is 0 Å². The normalized spacial score (nSPS) is 25.8. The summed E-state index contributed by atoms with van der Waals surface area (Å²) in [5, 5.41) is 0.553. The lowest BCUT2D eigenvalue weighted by atomic mass is 10.2. The van der Waals surface area contributed by atoms with Gasteiger partial charge in [-0.05, 0) is 31.7 Å². The molecule has 1 aliphatic heterocycles. The first-order chi connectivity index (χ1) is 7.33. The molecule has 1 saturated carbocycles. The van der Waals surface area contributed by atoms with Crippen LogP contribution in [0.2, 0.25) is 5.15 Å². The summed E-state index contributed by atoms with van der Waals surface area (Å²) in [6.45, 7) is 0.838. The van der Waals surface area contributed by atoms with Crippen LogP contribution in [0.15, 0.2) is 6.07 Å². The van der Waals surface area contributed by atoms with E-state index in [1.165, 1.54) is 12.8 Å². The Kier molecular flexibility index (Phi) is 2.37. The number of hydrogen-bond donors (Lipinski definition) is 0. The van der Waals surface area contributed by atoms with Crippen molar-refractivity contribution in [3.63, 3.8) is 0 Å². The zero-order valence-corrected chi connectivity index (χ0v) is 9.20. The second kappa shape index (κ2) is 3.72. The third-order valence-corrected chi connectivity index (χ3v) is 3.13. The lowest BCUT2D eigenvalue weighted by molar-refractivity contribution is 0.108. The van der Waals surface area contributed by atoms with Gasteiger partial charge >= 0.3 is 0 Å². The molecule has 2 heterocycles. The molecule has 3 nitrogen and oxygen atoms in total. The average molecular weight is 225 g/mol. The molecule has 0 N–H and O–H groups in total. The summed E-state index contributed by atoms with van der Waals surface area (Å²) in [5.74, 6) is 1.46. The first kappa shape index (κ1) is 9.55. The summed E-state index contributed by atoms with van der Waals surface area (Å²) in [5.41, 5.74) is 0.967. The highest BCUT2D eigenvalue weighted by Gasteiger charge is 2.28. The maximum atomic E-state index is 5.99. The minimum atomic E-state index is 0.142. The minimum absolute atomic E-state index is 0.142. The molecule has 80 valence electrons. The zero-order chi connectivity index (χ0) is 10.3. The van der Waals surface area contributed by atoms with Crippen molar-refractivity contribution in [2.45, 2.75) is 37.7 Å². The second-order valence-electron chi connectivity index (χ2n) is 4.25. The van der Waals surface area contributed by atoms with Gasteiger partial charge in [0.05, 0.1) is 11.8 Å². The van der Waals surface area contributed by atoms with Gasteiger partial charge in [0, 0.05) is 12.5 Å². The molecule has 1 aromatic rings. The van der Waals surface area contributed by atoms with Gasteiger partial charge in [-0.3, -0.25) is 0 Å². The predicted molar refractivity (Wildman–Crippen MR) is 56.9 cm³/mol. The standard InChI is InChI=1S/C11H13ClN2O/c12-10-6-8(9-2-1-5-15-9)13-11(14-10)7-3-4-7/h6-7,9H,1-5H2/t9-/m1/s1. The van der Waals surface area contributed by atoms with E-state index >= 15 is 0 Å². The predicted octanol–water partition coefficient (Wildman–Crippen LogP) is 2.86. The lowest BCUT2D eigenvalue weighted by Crippen LogP contribution is -2.03. The lowest BCUT2D eigenvalue weighted by Gasteiger charge is -2.10. The third kappa shape index (κ3) is 1.99. The molecule has 2 fully saturated rings. The van der Waals surface area contributed by atoms with Gasteiger partial charge < -0.3 is 4.74 Å². The summed E-state index contributed by atoms with van der Waals surface area (Å²) in [7, 11) is 0. The largest absolute Gasteiger partial charge is 0.372 e. The molecule has 2 aliphatic rings. The van der Waals surface area contributed by atoms with Gasteiger partial charge in [-0.15, -0.1) is 0 Å². The van der Waals surface area contributed by atoms with Crippen LogP contribution in [0.5, 0.6) is 0 Å². The summed E-state index contributed by atoms with van der Waals surface area (Å²) in [4.78, 5) is 8.82. The Morgan fingerprint density at radius 2 is 2.13 bits per heavy atom. The van der Waals surface area contributed by atoms with Crippen molar-refractivity contribution < 1.29 is 4.74 Å². The van der Waals surface area contributed by atoms with E-state index in [4.69, 9.17) is 16.3 Å². The topological polar surface area (TPSA) is 35.0 Å². The molecular formula is C11H13ClN2O. The molecule has 0 spiro atoms. The van der Waals surface area contributed by atoms with Gasteiger partial charge in [0.25, 0.3) is 0 Å². The fourth-order valence-corrected chi connectivity index (χ4v) is 2.15. The van der Waals surface area contributed by atoms with E-state index in [9.17, 15) is 0 Å². The van der Waals surface area contributed by atoms with E-state index in [1.54, 1.807) is 0 Å². The van der Waals surface area contributed by atoms with Gasteiger partial charge in [0.1, 0.15) is 11.0 Å². The fourth-order valence-electron chi connectivity index (χ4n) is 1.95. The number of aromatic nitrogens is 2. The number of ether oxygens (including phenoxy) is 1. The quantitative estimate of drug-likeness (QED) is 0.725. The van der Waals surface area contributed by atoms with Crippen molar-refractivity contribution >= 4 is 11.6 Å². The van der Waals surface area contributed by atoms with E-state index in [0.717, 1.165) is 31.0 Å². The van der Waals surface area contributed by atoms with Crippen molar-refractivity contribution in [2.75, 3.05) is 6.61 Å². The first-order valence-electron chi connectivity index (χ1n) is 5.49. The smallest absolute Gasteiger partial charge is 0.133 e. The van der Waals surface area contributed by atoms with Gasteiger partial charge in [-0.2, -0.15) is 0 Å². The van der Waals surface area contributed by atoms with Gasteiger partial charge in [-0.1, -0.05) is 11.6 Å². The minimum Gasteiger partial charge on any atom is -0.372 e. The number of rotatable bonds is 2. The Balaban J connectivity index is 1.91. The summed E-state index contributed by atoms with van der Waals surface area (Å²) in [6, 6.07) is 1.84. The van der Waals surface area contributed by atoms with E-state index < -0.39 is 0 Å². The fraction of sp³-hybridized carbons (Fsp3) is 0.636. The third-order valence-electron chi connectivity index (χ3n) is 2.93. The van der Waals surface area contributed by atoms with Crippen LogP contribution in [0.25, 0.3) is 0 Å². The monoisotopic (exact) mass is 224 g/mol. The van der Waals surface area contributed by atoms with Crippen LogP contribution in [0.4, 0.5) is 0 Å². The first-order valence-corrected chi connectivity index (χ1v) is 5.87. The summed E-state index contributed by atoms with van der Waals surface area (Å²) < 4.78 is 5.60. The Bertz CT molecular complexity index is 373. The summed E-state index contributed by atoms with van der Waals surface area (Å²) in [6.07, 6.45) is 4.71. The Labute approximate surface area is 93.8 Å². The second-order valence-corrected chi connectivity index (χ2v) is 4.64. The molecule has 0 bridgehead atoms. The molecule has 0 amide bonds. The molecule has 1 atom stereocenters. The molecule has 3 rings (SSSR count). The van der Waals surface area contributed by atoms with Crippen LogP contribution >= 0.6 is 11.6 Å². The molecule has 1 aliphatic carbocycles. The molecule has 1 saturated heterocycles. The molecule has 0 radical (unpaired) electrons. The van der Waals surface area contributed by atoms with Crippen LogP contribution in [-0.2, 0) is 4.74 Å². The van der Waals surface area contributed by atoms with Crippen molar-refractivity contribution in [1.29, 1.82) is 0 Å². The molecule has 4 heteroatoms. The number of hydrogen-bond acceptors (Lipinski definition) is 3. The molecule has 15 heavy (non-hydrogen) atoms. The Morgan fingerprint density at radius 3 is 2.80 bits per heavy atom. The highest BCUT2D eigenvalue weighted by Crippen LogP contribution is 2.39.